The number of benzene rings is 2. The van der Waals surface area contributed by atoms with Crippen LogP contribution < -0.4 is 5.73 Å². The number of carbonyl (C=O) groups is 1. The van der Waals surface area contributed by atoms with Gasteiger partial charge in [0.25, 0.3) is 5.69 Å². The van der Waals surface area contributed by atoms with Crippen LogP contribution in [0.3, 0.4) is 0 Å². The van der Waals surface area contributed by atoms with Gasteiger partial charge in [-0.25, -0.2) is 0 Å². The third-order valence-electron chi connectivity index (χ3n) is 2.58. The Morgan fingerprint density at radius 3 is 2.63 bits per heavy atom. The van der Waals surface area contributed by atoms with Crippen LogP contribution in [0.5, 0.6) is 0 Å². The summed E-state index contributed by atoms with van der Waals surface area (Å²) in [5, 5.41) is 10.7. The quantitative estimate of drug-likeness (QED) is 0.407. The first kappa shape index (κ1) is 13.2. The Morgan fingerprint density at radius 2 is 1.95 bits per heavy atom. The van der Waals surface area contributed by atoms with E-state index in [4.69, 9.17) is 5.73 Å². The summed E-state index contributed by atoms with van der Waals surface area (Å²) in [6, 6.07) is 10.5. The van der Waals surface area contributed by atoms with Crippen molar-refractivity contribution in [1.29, 1.82) is 0 Å². The maximum atomic E-state index is 12.3. The zero-order valence-corrected chi connectivity index (χ0v) is 11.3. The van der Waals surface area contributed by atoms with Gasteiger partial charge in [0, 0.05) is 33.4 Å². The van der Waals surface area contributed by atoms with Crippen LogP contribution in [0.2, 0.25) is 0 Å². The number of anilines is 1. The summed E-state index contributed by atoms with van der Waals surface area (Å²) in [5.41, 5.74) is 6.51. The van der Waals surface area contributed by atoms with Gasteiger partial charge in [0.2, 0.25) is 0 Å². The van der Waals surface area contributed by atoms with Gasteiger partial charge in [0.1, 0.15) is 0 Å². The largest absolute Gasteiger partial charge is 0.398 e. The minimum atomic E-state index is -0.541. The number of nitro benzene ring substituents is 1. The second-order valence-corrected chi connectivity index (χ2v) is 4.78. The Morgan fingerprint density at radius 1 is 1.21 bits per heavy atom. The molecule has 6 heteroatoms. The Labute approximate surface area is 117 Å². The minimum Gasteiger partial charge on any atom is -0.398 e. The first-order valence-corrected chi connectivity index (χ1v) is 6.12. The van der Waals surface area contributed by atoms with Gasteiger partial charge >= 0.3 is 0 Å². The number of rotatable bonds is 3. The number of hydrogen-bond acceptors (Lipinski definition) is 4. The SMILES string of the molecule is Nc1ccc(Br)cc1C(=O)c1cccc([N+](=O)[O-])c1. The van der Waals surface area contributed by atoms with E-state index in [1.807, 2.05) is 0 Å². The lowest BCUT2D eigenvalue weighted by Crippen LogP contribution is -2.05. The molecule has 2 rings (SSSR count). The average molecular weight is 321 g/mol. The number of carbonyl (C=O) groups excluding carboxylic acids is 1. The van der Waals surface area contributed by atoms with E-state index in [2.05, 4.69) is 15.9 Å². The van der Waals surface area contributed by atoms with Crippen LogP contribution in [0.1, 0.15) is 15.9 Å². The summed E-state index contributed by atoms with van der Waals surface area (Å²) in [7, 11) is 0. The molecule has 0 aliphatic carbocycles. The summed E-state index contributed by atoms with van der Waals surface area (Å²) >= 11 is 3.26. The highest BCUT2D eigenvalue weighted by Crippen LogP contribution is 2.23. The van der Waals surface area contributed by atoms with Crippen molar-refractivity contribution in [3.63, 3.8) is 0 Å². The fourth-order valence-electron chi connectivity index (χ4n) is 1.64. The standard InChI is InChI=1S/C13H9BrN2O3/c14-9-4-5-12(15)11(7-9)13(17)8-2-1-3-10(6-8)16(18)19/h1-7H,15H2. The van der Waals surface area contributed by atoms with Crippen molar-refractivity contribution in [3.05, 3.63) is 68.2 Å². The van der Waals surface area contributed by atoms with Crippen molar-refractivity contribution in [1.82, 2.24) is 0 Å². The van der Waals surface area contributed by atoms with Gasteiger partial charge in [-0.2, -0.15) is 0 Å². The van der Waals surface area contributed by atoms with Crippen molar-refractivity contribution in [2.24, 2.45) is 0 Å². The van der Waals surface area contributed by atoms with E-state index >= 15 is 0 Å². The molecule has 0 spiro atoms. The molecule has 2 aromatic carbocycles. The monoisotopic (exact) mass is 320 g/mol. The molecule has 0 atom stereocenters. The molecule has 19 heavy (non-hydrogen) atoms. The lowest BCUT2D eigenvalue weighted by molar-refractivity contribution is -0.384. The van der Waals surface area contributed by atoms with Crippen LogP contribution in [0.15, 0.2) is 46.9 Å². The lowest BCUT2D eigenvalue weighted by Gasteiger charge is -2.05. The van der Waals surface area contributed by atoms with Gasteiger partial charge in [-0.1, -0.05) is 28.1 Å². The van der Waals surface area contributed by atoms with Crippen molar-refractivity contribution in [2.75, 3.05) is 5.73 Å². The van der Waals surface area contributed by atoms with Gasteiger partial charge in [0.05, 0.1) is 4.92 Å². The van der Waals surface area contributed by atoms with Crippen molar-refractivity contribution >= 4 is 33.1 Å². The minimum absolute atomic E-state index is 0.126. The molecule has 2 N–H and O–H groups in total. The van der Waals surface area contributed by atoms with Gasteiger partial charge in [-0.3, -0.25) is 14.9 Å². The summed E-state index contributed by atoms with van der Waals surface area (Å²) in [4.78, 5) is 22.4. The van der Waals surface area contributed by atoms with E-state index in [1.165, 1.54) is 24.3 Å². The van der Waals surface area contributed by atoms with E-state index < -0.39 is 4.92 Å². The molecule has 2 aromatic rings. The Bertz CT molecular complexity index is 671. The van der Waals surface area contributed by atoms with Crippen LogP contribution >= 0.6 is 15.9 Å². The number of nitrogens with two attached hydrogens (primary N) is 1. The number of nitrogens with zero attached hydrogens (tertiary/aromatic N) is 1. The van der Waals surface area contributed by atoms with Crippen molar-refractivity contribution in [2.45, 2.75) is 0 Å². The smallest absolute Gasteiger partial charge is 0.270 e. The molecule has 0 heterocycles. The summed E-state index contributed by atoms with van der Waals surface area (Å²) in [5.74, 6) is -0.345. The topological polar surface area (TPSA) is 86.2 Å². The van der Waals surface area contributed by atoms with E-state index in [0.717, 1.165) is 4.47 Å². The molecule has 0 fully saturated rings. The van der Waals surface area contributed by atoms with Crippen molar-refractivity contribution < 1.29 is 9.72 Å². The lowest BCUT2D eigenvalue weighted by atomic mass is 10.0. The Kier molecular flexibility index (Phi) is 3.62. The van der Waals surface area contributed by atoms with Gasteiger partial charge in [0.15, 0.2) is 5.78 Å². The number of nitro groups is 1. The molecule has 0 amide bonds. The predicted molar refractivity (Wildman–Crippen MR) is 75.1 cm³/mol. The first-order valence-electron chi connectivity index (χ1n) is 5.33. The molecule has 0 unspecified atom stereocenters. The average Bonchev–Trinajstić information content (AvgIpc) is 2.41. The van der Waals surface area contributed by atoms with Gasteiger partial charge in [-0.05, 0) is 18.2 Å². The van der Waals surface area contributed by atoms with E-state index in [1.54, 1.807) is 18.2 Å². The fraction of sp³-hybridized carbons (Fsp3) is 0. The predicted octanol–water partition coefficient (Wildman–Crippen LogP) is 3.17. The van der Waals surface area contributed by atoms with Crippen LogP contribution in [-0.4, -0.2) is 10.7 Å². The molecule has 0 aliphatic rings. The molecule has 0 radical (unpaired) electrons. The van der Waals surface area contributed by atoms with E-state index in [9.17, 15) is 14.9 Å². The maximum absolute atomic E-state index is 12.3. The van der Waals surface area contributed by atoms with Crippen LogP contribution in [0, 0.1) is 10.1 Å². The summed E-state index contributed by atoms with van der Waals surface area (Å²) < 4.78 is 0.718. The second kappa shape index (κ2) is 5.19. The molecule has 5 nitrogen and oxygen atoms in total. The molecular weight excluding hydrogens is 312 g/mol. The highest BCUT2D eigenvalue weighted by molar-refractivity contribution is 9.10. The first-order chi connectivity index (χ1) is 8.99. The zero-order chi connectivity index (χ0) is 14.0. The highest BCUT2D eigenvalue weighted by atomic mass is 79.9. The van der Waals surface area contributed by atoms with Crippen LogP contribution in [0.25, 0.3) is 0 Å². The molecule has 96 valence electrons. The van der Waals surface area contributed by atoms with E-state index in [-0.39, 0.29) is 17.0 Å². The number of non-ortho nitro benzene ring substituents is 1. The van der Waals surface area contributed by atoms with Gasteiger partial charge < -0.3 is 5.73 Å². The molecule has 0 bridgehead atoms. The summed E-state index contributed by atoms with van der Waals surface area (Å²) in [6.45, 7) is 0. The number of nitrogen functional groups attached to an aromatic ring is 1. The Hall–Kier alpha value is -2.21. The second-order valence-electron chi connectivity index (χ2n) is 3.87. The normalized spacial score (nSPS) is 10.2. The molecule has 0 aromatic heterocycles. The Balaban J connectivity index is 2.47. The third kappa shape index (κ3) is 2.79. The van der Waals surface area contributed by atoms with Crippen LogP contribution in [-0.2, 0) is 0 Å². The van der Waals surface area contributed by atoms with E-state index in [0.29, 0.717) is 11.3 Å². The molecule has 0 aliphatic heterocycles. The molecular formula is C13H9BrN2O3. The molecule has 0 saturated heterocycles. The molecule has 0 saturated carbocycles. The highest BCUT2D eigenvalue weighted by Gasteiger charge is 2.15. The number of halogens is 1. The fourth-order valence-corrected chi connectivity index (χ4v) is 2.00. The number of ketones is 1. The summed E-state index contributed by atoms with van der Waals surface area (Å²) in [6.07, 6.45) is 0. The van der Waals surface area contributed by atoms with Gasteiger partial charge in [-0.15, -0.1) is 0 Å². The third-order valence-corrected chi connectivity index (χ3v) is 3.07. The maximum Gasteiger partial charge on any atom is 0.270 e. The number of hydrogen-bond donors (Lipinski definition) is 1. The zero-order valence-electron chi connectivity index (χ0n) is 9.67. The van der Waals surface area contributed by atoms with Crippen LogP contribution in [0.4, 0.5) is 11.4 Å². The van der Waals surface area contributed by atoms with Crippen molar-refractivity contribution in [3.8, 4) is 0 Å².